The van der Waals surface area contributed by atoms with Crippen LogP contribution >= 0.6 is 0 Å². The molecule has 132 valence electrons. The molecule has 0 spiro atoms. The van der Waals surface area contributed by atoms with Crippen LogP contribution in [0.4, 0.5) is 0 Å². The lowest BCUT2D eigenvalue weighted by molar-refractivity contribution is -0.0793. The summed E-state index contributed by atoms with van der Waals surface area (Å²) < 4.78 is 0. The molecule has 2 nitrogen and oxygen atoms in total. The van der Waals surface area contributed by atoms with Crippen LogP contribution in [-0.2, 0) is 12.8 Å². The van der Waals surface area contributed by atoms with Gasteiger partial charge in [0.05, 0.1) is 0 Å². The van der Waals surface area contributed by atoms with Crippen molar-refractivity contribution in [3.05, 3.63) is 70.8 Å². The quantitative estimate of drug-likeness (QED) is 0.699. The molecule has 0 heterocycles. The molecule has 0 aliphatic heterocycles. The Morgan fingerprint density at radius 3 is 1.92 bits per heavy atom. The summed E-state index contributed by atoms with van der Waals surface area (Å²) in [6, 6.07) is 19.2. The van der Waals surface area contributed by atoms with Crippen molar-refractivity contribution in [1.82, 2.24) is 10.0 Å². The summed E-state index contributed by atoms with van der Waals surface area (Å²) in [4.78, 5) is 0. The molecule has 0 aromatic heterocycles. The van der Waals surface area contributed by atoms with Crippen molar-refractivity contribution in [2.45, 2.75) is 57.5 Å². The van der Waals surface area contributed by atoms with E-state index < -0.39 is 0 Å². The molecule has 0 bridgehead atoms. The van der Waals surface area contributed by atoms with Crippen LogP contribution in [0.2, 0.25) is 0 Å². The fraction of sp³-hybridized carbons (Fsp3) is 0.478. The van der Waals surface area contributed by atoms with Gasteiger partial charge in [-0.2, -0.15) is 0 Å². The highest BCUT2D eigenvalue weighted by atomic mass is 15.6. The van der Waals surface area contributed by atoms with Gasteiger partial charge >= 0.3 is 0 Å². The van der Waals surface area contributed by atoms with Gasteiger partial charge in [0, 0.05) is 25.7 Å². The van der Waals surface area contributed by atoms with Gasteiger partial charge < -0.3 is 0 Å². The van der Waals surface area contributed by atoms with Gasteiger partial charge in [0.25, 0.3) is 0 Å². The smallest absolute Gasteiger partial charge is 0.0498 e. The highest BCUT2D eigenvalue weighted by molar-refractivity contribution is 5.33. The number of aryl methyl sites for hydroxylation is 2. The van der Waals surface area contributed by atoms with Crippen LogP contribution < -0.4 is 0 Å². The van der Waals surface area contributed by atoms with E-state index in [0.29, 0.717) is 12.1 Å². The molecule has 2 aliphatic rings. The summed E-state index contributed by atoms with van der Waals surface area (Å²) in [5.41, 5.74) is 6.19. The van der Waals surface area contributed by atoms with E-state index in [1.54, 1.807) is 22.3 Å². The van der Waals surface area contributed by atoms with Crippen molar-refractivity contribution < 1.29 is 0 Å². The molecule has 25 heavy (non-hydrogen) atoms. The Morgan fingerprint density at radius 2 is 1.32 bits per heavy atom. The van der Waals surface area contributed by atoms with E-state index in [2.05, 4.69) is 72.5 Å². The van der Waals surface area contributed by atoms with Crippen LogP contribution in [0.5, 0.6) is 0 Å². The van der Waals surface area contributed by atoms with Crippen molar-refractivity contribution in [3.8, 4) is 0 Å². The number of nitrogens with zero attached hydrogens (tertiary/aromatic N) is 2. The predicted molar refractivity (Wildman–Crippen MR) is 104 cm³/mol. The lowest BCUT2D eigenvalue weighted by Crippen LogP contribution is -2.46. The predicted octanol–water partition coefficient (Wildman–Crippen LogP) is 5.31. The van der Waals surface area contributed by atoms with Crippen LogP contribution in [0.25, 0.3) is 0 Å². The minimum atomic E-state index is 0.513. The summed E-state index contributed by atoms with van der Waals surface area (Å²) >= 11 is 0. The summed E-state index contributed by atoms with van der Waals surface area (Å²) in [5.74, 6) is 0. The number of hydrazine groups is 1. The topological polar surface area (TPSA) is 6.48 Å². The van der Waals surface area contributed by atoms with Gasteiger partial charge in [0.2, 0.25) is 0 Å². The highest BCUT2D eigenvalue weighted by Gasteiger charge is 2.32. The Labute approximate surface area is 152 Å². The Bertz CT molecular complexity index is 724. The molecule has 2 unspecified atom stereocenters. The van der Waals surface area contributed by atoms with Crippen molar-refractivity contribution in [1.29, 1.82) is 0 Å². The van der Waals surface area contributed by atoms with Gasteiger partial charge in [-0.1, -0.05) is 55.5 Å². The standard InChI is InChI=1S/C23H30N2/c1-3-25(23-17-9-13-19-11-5-7-15-21(19)23)24(2)22-16-8-12-18-10-4-6-14-20(18)22/h4-7,10-11,14-15,22-23H,3,8-9,12-13,16-17H2,1-2H3. The Hall–Kier alpha value is -1.64. The Kier molecular flexibility index (Phi) is 4.91. The van der Waals surface area contributed by atoms with E-state index in [9.17, 15) is 0 Å². The first-order chi connectivity index (χ1) is 12.3. The minimum absolute atomic E-state index is 0.513. The largest absolute Gasteiger partial charge is 0.237 e. The molecule has 4 rings (SSSR count). The molecule has 2 aromatic rings. The monoisotopic (exact) mass is 334 g/mol. The molecule has 0 radical (unpaired) electrons. The second-order valence-electron chi connectivity index (χ2n) is 7.54. The van der Waals surface area contributed by atoms with Crippen molar-refractivity contribution >= 4 is 0 Å². The van der Waals surface area contributed by atoms with Gasteiger partial charge in [0.1, 0.15) is 0 Å². The first-order valence-electron chi connectivity index (χ1n) is 9.94. The maximum absolute atomic E-state index is 2.63. The number of fused-ring (bicyclic) bond motifs is 2. The zero-order valence-electron chi connectivity index (χ0n) is 15.6. The maximum atomic E-state index is 2.63. The van der Waals surface area contributed by atoms with E-state index in [4.69, 9.17) is 0 Å². The van der Waals surface area contributed by atoms with Gasteiger partial charge in [-0.25, -0.2) is 10.0 Å². The van der Waals surface area contributed by atoms with Crippen molar-refractivity contribution in [3.63, 3.8) is 0 Å². The molecular formula is C23H30N2. The number of benzene rings is 2. The number of hydrogen-bond acceptors (Lipinski definition) is 2. The Morgan fingerprint density at radius 1 is 0.800 bits per heavy atom. The first kappa shape index (κ1) is 16.8. The molecule has 0 saturated heterocycles. The van der Waals surface area contributed by atoms with E-state index in [0.717, 1.165) is 6.54 Å². The van der Waals surface area contributed by atoms with Gasteiger partial charge in [-0.15, -0.1) is 0 Å². The molecule has 0 saturated carbocycles. The van der Waals surface area contributed by atoms with E-state index in [-0.39, 0.29) is 0 Å². The maximum Gasteiger partial charge on any atom is 0.0498 e. The third kappa shape index (κ3) is 3.14. The van der Waals surface area contributed by atoms with Crippen molar-refractivity contribution in [2.75, 3.05) is 13.6 Å². The molecule has 0 amide bonds. The highest BCUT2D eigenvalue weighted by Crippen LogP contribution is 2.39. The van der Waals surface area contributed by atoms with Crippen LogP contribution in [-0.4, -0.2) is 23.6 Å². The van der Waals surface area contributed by atoms with Crippen LogP contribution in [0, 0.1) is 0 Å². The van der Waals surface area contributed by atoms with Crippen LogP contribution in [0.3, 0.4) is 0 Å². The third-order valence-corrected chi connectivity index (χ3v) is 6.22. The normalized spacial score (nSPS) is 22.7. The molecular weight excluding hydrogens is 304 g/mol. The zero-order chi connectivity index (χ0) is 17.2. The average Bonchev–Trinajstić information content (AvgIpc) is 2.68. The van der Waals surface area contributed by atoms with Crippen LogP contribution in [0.15, 0.2) is 48.5 Å². The molecule has 2 heteroatoms. The van der Waals surface area contributed by atoms with Gasteiger partial charge in [0.15, 0.2) is 0 Å². The summed E-state index contributed by atoms with van der Waals surface area (Å²) in [7, 11) is 2.31. The fourth-order valence-corrected chi connectivity index (χ4v) is 5.00. The zero-order valence-corrected chi connectivity index (χ0v) is 15.6. The number of hydrogen-bond donors (Lipinski definition) is 0. The molecule has 2 aliphatic carbocycles. The van der Waals surface area contributed by atoms with E-state index in [1.165, 1.54) is 38.5 Å². The molecule has 2 atom stereocenters. The second-order valence-corrected chi connectivity index (χ2v) is 7.54. The fourth-order valence-electron chi connectivity index (χ4n) is 5.00. The number of rotatable bonds is 4. The average molecular weight is 335 g/mol. The Balaban J connectivity index is 1.64. The lowest BCUT2D eigenvalue weighted by Gasteiger charge is -2.45. The summed E-state index contributed by atoms with van der Waals surface area (Å²) in [6.07, 6.45) is 7.60. The van der Waals surface area contributed by atoms with Crippen molar-refractivity contribution in [2.24, 2.45) is 0 Å². The molecule has 0 N–H and O–H groups in total. The summed E-state index contributed by atoms with van der Waals surface area (Å²) in [5, 5.41) is 5.19. The van der Waals surface area contributed by atoms with Gasteiger partial charge in [-0.05, 0) is 60.8 Å². The first-order valence-corrected chi connectivity index (χ1v) is 9.94. The molecule has 2 aromatic carbocycles. The second kappa shape index (κ2) is 7.31. The van der Waals surface area contributed by atoms with E-state index >= 15 is 0 Å². The van der Waals surface area contributed by atoms with Crippen LogP contribution in [0.1, 0.15) is 66.9 Å². The minimum Gasteiger partial charge on any atom is -0.237 e. The lowest BCUT2D eigenvalue weighted by atomic mass is 9.86. The molecule has 0 fully saturated rings. The van der Waals surface area contributed by atoms with E-state index in [1.807, 2.05) is 0 Å². The summed E-state index contributed by atoms with van der Waals surface area (Å²) in [6.45, 7) is 3.37. The third-order valence-electron chi connectivity index (χ3n) is 6.22. The van der Waals surface area contributed by atoms with Gasteiger partial charge in [-0.3, -0.25) is 0 Å². The SMILES string of the molecule is CCN(C1CCCc2ccccc21)N(C)C1CCCc2ccccc21.